The lowest BCUT2D eigenvalue weighted by molar-refractivity contribution is 0.0972. The van der Waals surface area contributed by atoms with Crippen molar-refractivity contribution in [1.82, 2.24) is 19.3 Å². The molecule has 1 aliphatic rings. The lowest BCUT2D eigenvalue weighted by atomic mass is 9.97. The Hall–Kier alpha value is -1.91. The van der Waals surface area contributed by atoms with Crippen molar-refractivity contribution in [2.45, 2.75) is 32.2 Å². The molecule has 0 saturated carbocycles. The van der Waals surface area contributed by atoms with Gasteiger partial charge in [0.05, 0.1) is 0 Å². The summed E-state index contributed by atoms with van der Waals surface area (Å²) in [5.74, 6) is 1.13. The predicted octanol–water partition coefficient (Wildman–Crippen LogP) is 1.38. The number of hydrogen-bond acceptors (Lipinski definition) is 3. The molecule has 0 saturated heterocycles. The van der Waals surface area contributed by atoms with E-state index in [0.717, 1.165) is 37.2 Å². The molecule has 94 valence electrons. The van der Waals surface area contributed by atoms with E-state index in [-0.39, 0.29) is 5.78 Å². The van der Waals surface area contributed by atoms with Crippen LogP contribution in [0.15, 0.2) is 18.6 Å². The molecule has 2 aromatic heterocycles. The zero-order valence-electron chi connectivity index (χ0n) is 10.5. The van der Waals surface area contributed by atoms with Gasteiger partial charge >= 0.3 is 0 Å². The van der Waals surface area contributed by atoms with Crippen LogP contribution < -0.4 is 0 Å². The molecular formula is C13H16N4O. The maximum atomic E-state index is 11.7. The number of fused-ring (bicyclic) bond motifs is 1. The summed E-state index contributed by atoms with van der Waals surface area (Å²) >= 11 is 0. The van der Waals surface area contributed by atoms with Gasteiger partial charge in [-0.2, -0.15) is 5.10 Å². The van der Waals surface area contributed by atoms with Crippen molar-refractivity contribution in [3.05, 3.63) is 35.7 Å². The monoisotopic (exact) mass is 244 g/mol. The highest BCUT2D eigenvalue weighted by Crippen LogP contribution is 2.22. The topological polar surface area (TPSA) is 52.7 Å². The van der Waals surface area contributed by atoms with E-state index in [2.05, 4.69) is 14.6 Å². The van der Waals surface area contributed by atoms with Crippen molar-refractivity contribution >= 4 is 5.78 Å². The van der Waals surface area contributed by atoms with Gasteiger partial charge in [-0.3, -0.25) is 9.48 Å². The Bertz CT molecular complexity index is 582. The first-order chi connectivity index (χ1) is 8.74. The summed E-state index contributed by atoms with van der Waals surface area (Å²) in [6, 6.07) is 1.95. The average molecular weight is 244 g/mol. The smallest absolute Gasteiger partial charge is 0.164 e. The highest BCUT2D eigenvalue weighted by molar-refractivity contribution is 5.98. The van der Waals surface area contributed by atoms with Gasteiger partial charge < -0.3 is 4.57 Å². The Morgan fingerprint density at radius 3 is 3.06 bits per heavy atom. The normalized spacial score (nSPS) is 14.8. The van der Waals surface area contributed by atoms with Crippen LogP contribution in [0.3, 0.4) is 0 Å². The fourth-order valence-corrected chi connectivity index (χ4v) is 2.52. The van der Waals surface area contributed by atoms with E-state index in [1.54, 1.807) is 11.0 Å². The lowest BCUT2D eigenvalue weighted by Crippen LogP contribution is -2.14. The number of rotatable bonds is 3. The molecule has 2 heterocycles. The van der Waals surface area contributed by atoms with Gasteiger partial charge in [0, 0.05) is 43.9 Å². The summed E-state index contributed by atoms with van der Waals surface area (Å²) in [4.78, 5) is 15.9. The molecule has 0 aromatic carbocycles. The molecule has 0 amide bonds. The molecule has 0 spiro atoms. The number of nitrogens with zero attached hydrogens (tertiary/aromatic N) is 4. The van der Waals surface area contributed by atoms with Gasteiger partial charge in [0.15, 0.2) is 11.6 Å². The van der Waals surface area contributed by atoms with Crippen LogP contribution in [0.1, 0.15) is 34.7 Å². The van der Waals surface area contributed by atoms with Crippen LogP contribution in [0.5, 0.6) is 0 Å². The van der Waals surface area contributed by atoms with Gasteiger partial charge in [-0.25, -0.2) is 4.98 Å². The summed E-state index contributed by atoms with van der Waals surface area (Å²) in [7, 11) is 1.87. The van der Waals surface area contributed by atoms with Crippen LogP contribution in [0.4, 0.5) is 0 Å². The summed E-state index contributed by atoms with van der Waals surface area (Å²) in [5.41, 5.74) is 2.09. The summed E-state index contributed by atoms with van der Waals surface area (Å²) < 4.78 is 3.88. The number of ketones is 1. The molecule has 5 heteroatoms. The second kappa shape index (κ2) is 4.40. The minimum Gasteiger partial charge on any atom is -0.350 e. The van der Waals surface area contributed by atoms with E-state index >= 15 is 0 Å². The van der Waals surface area contributed by atoms with Gasteiger partial charge in [-0.05, 0) is 18.9 Å². The summed E-state index contributed by atoms with van der Waals surface area (Å²) in [6.45, 7) is 0.840. The molecule has 18 heavy (non-hydrogen) atoms. The van der Waals surface area contributed by atoms with Crippen molar-refractivity contribution in [3.8, 4) is 0 Å². The summed E-state index contributed by atoms with van der Waals surface area (Å²) in [5, 5.41) is 4.26. The molecule has 0 radical (unpaired) electrons. The SMILES string of the molecule is Cn1cnc(CCn2ccc3c2CCCC3=O)n1. The van der Waals surface area contributed by atoms with Gasteiger partial charge in [-0.15, -0.1) is 0 Å². The number of carbonyl (C=O) groups is 1. The fraction of sp³-hybridized carbons (Fsp3) is 0.462. The number of Topliss-reactive ketones (excluding diaryl/α,β-unsaturated/α-hetero) is 1. The molecule has 0 N–H and O–H groups in total. The van der Waals surface area contributed by atoms with E-state index in [9.17, 15) is 4.79 Å². The first-order valence-corrected chi connectivity index (χ1v) is 6.30. The second-order valence-corrected chi connectivity index (χ2v) is 4.73. The zero-order chi connectivity index (χ0) is 12.5. The first-order valence-electron chi connectivity index (χ1n) is 6.30. The number of carbonyl (C=O) groups excluding carboxylic acids is 1. The second-order valence-electron chi connectivity index (χ2n) is 4.73. The van der Waals surface area contributed by atoms with Crippen LogP contribution in [-0.4, -0.2) is 25.1 Å². The third-order valence-electron chi connectivity index (χ3n) is 3.42. The van der Waals surface area contributed by atoms with E-state index < -0.39 is 0 Å². The number of aromatic nitrogens is 4. The molecule has 0 fully saturated rings. The standard InChI is InChI=1S/C13H16N4O/c1-16-9-14-13(15-16)6-8-17-7-5-10-11(17)3-2-4-12(10)18/h5,7,9H,2-4,6,8H2,1H3. The number of hydrogen-bond donors (Lipinski definition) is 0. The van der Waals surface area contributed by atoms with Crippen LogP contribution >= 0.6 is 0 Å². The van der Waals surface area contributed by atoms with Crippen LogP contribution in [-0.2, 0) is 26.4 Å². The van der Waals surface area contributed by atoms with Gasteiger partial charge in [-0.1, -0.05) is 0 Å². The van der Waals surface area contributed by atoms with Crippen molar-refractivity contribution in [1.29, 1.82) is 0 Å². The fourth-order valence-electron chi connectivity index (χ4n) is 2.52. The molecule has 3 rings (SSSR count). The minimum atomic E-state index is 0.283. The maximum Gasteiger partial charge on any atom is 0.164 e. The van der Waals surface area contributed by atoms with E-state index in [4.69, 9.17) is 0 Å². The Kier molecular flexibility index (Phi) is 2.74. The van der Waals surface area contributed by atoms with Crippen LogP contribution in [0.25, 0.3) is 0 Å². The van der Waals surface area contributed by atoms with Crippen molar-refractivity contribution in [2.75, 3.05) is 0 Å². The molecule has 0 bridgehead atoms. The highest BCUT2D eigenvalue weighted by atomic mass is 16.1. The van der Waals surface area contributed by atoms with Crippen LogP contribution in [0.2, 0.25) is 0 Å². The molecule has 0 unspecified atom stereocenters. The minimum absolute atomic E-state index is 0.283. The van der Waals surface area contributed by atoms with E-state index in [1.807, 2.05) is 19.3 Å². The Morgan fingerprint density at radius 2 is 2.28 bits per heavy atom. The molecular weight excluding hydrogens is 228 g/mol. The van der Waals surface area contributed by atoms with Crippen molar-refractivity contribution in [2.24, 2.45) is 7.05 Å². The Morgan fingerprint density at radius 1 is 1.39 bits per heavy atom. The van der Waals surface area contributed by atoms with Gasteiger partial charge in [0.2, 0.25) is 0 Å². The van der Waals surface area contributed by atoms with Gasteiger partial charge in [0.25, 0.3) is 0 Å². The molecule has 1 aliphatic carbocycles. The Labute approximate surface area is 105 Å². The quantitative estimate of drug-likeness (QED) is 0.819. The first kappa shape index (κ1) is 11.2. The van der Waals surface area contributed by atoms with Crippen molar-refractivity contribution in [3.63, 3.8) is 0 Å². The molecule has 0 aliphatic heterocycles. The Balaban J connectivity index is 1.75. The van der Waals surface area contributed by atoms with E-state index in [1.165, 1.54) is 5.69 Å². The molecule has 2 aromatic rings. The largest absolute Gasteiger partial charge is 0.350 e. The lowest BCUT2D eigenvalue weighted by Gasteiger charge is -2.14. The highest BCUT2D eigenvalue weighted by Gasteiger charge is 2.20. The zero-order valence-corrected chi connectivity index (χ0v) is 10.5. The molecule has 0 atom stereocenters. The third kappa shape index (κ3) is 1.96. The average Bonchev–Trinajstić information content (AvgIpc) is 2.94. The summed E-state index contributed by atoms with van der Waals surface area (Å²) in [6.07, 6.45) is 7.19. The maximum absolute atomic E-state index is 11.7. The predicted molar refractivity (Wildman–Crippen MR) is 66.4 cm³/mol. The van der Waals surface area contributed by atoms with Gasteiger partial charge in [0.1, 0.15) is 6.33 Å². The third-order valence-corrected chi connectivity index (χ3v) is 3.42. The van der Waals surface area contributed by atoms with E-state index in [0.29, 0.717) is 6.42 Å². The van der Waals surface area contributed by atoms with Crippen molar-refractivity contribution < 1.29 is 4.79 Å². The number of aryl methyl sites for hydroxylation is 3. The molecule has 5 nitrogen and oxygen atoms in total. The van der Waals surface area contributed by atoms with Crippen LogP contribution in [0, 0.1) is 0 Å².